The maximum absolute atomic E-state index is 13.5. The predicted octanol–water partition coefficient (Wildman–Crippen LogP) is 10.0. The zero-order valence-corrected chi connectivity index (χ0v) is 50.2. The Bertz CT molecular complexity index is 3850. The lowest BCUT2D eigenvalue weighted by Gasteiger charge is -2.19. The van der Waals surface area contributed by atoms with Gasteiger partial charge in [0.15, 0.2) is 0 Å². The van der Waals surface area contributed by atoms with Gasteiger partial charge in [-0.15, -0.1) is 0 Å². The summed E-state index contributed by atoms with van der Waals surface area (Å²) in [5.41, 5.74) is 2.39. The van der Waals surface area contributed by atoms with Gasteiger partial charge in [0.2, 0.25) is 23.6 Å². The van der Waals surface area contributed by atoms with Gasteiger partial charge >= 0.3 is 0 Å². The molecule has 2 atom stereocenters. The highest BCUT2D eigenvalue weighted by molar-refractivity contribution is 7.93. The van der Waals surface area contributed by atoms with Gasteiger partial charge in [0.25, 0.3) is 31.2 Å². The Morgan fingerprint density at radius 2 is 0.917 bits per heavy atom. The maximum Gasteiger partial charge on any atom is 0.263 e. The first kappa shape index (κ1) is 63.5. The number of hydrogen-bond donors (Lipinski definition) is 4. The van der Waals surface area contributed by atoms with E-state index in [9.17, 15) is 44.8 Å². The number of aromatic nitrogens is 6. The summed E-state index contributed by atoms with van der Waals surface area (Å²) in [4.78, 5) is 68.7. The van der Waals surface area contributed by atoms with Gasteiger partial charge in [-0.1, -0.05) is 76.9 Å². The van der Waals surface area contributed by atoms with Gasteiger partial charge < -0.3 is 20.1 Å². The lowest BCUT2D eigenvalue weighted by atomic mass is 10.0. The minimum Gasteiger partial charge on any atom is -0.480 e. The van der Waals surface area contributed by atoms with Crippen molar-refractivity contribution >= 4 is 88.2 Å². The minimum absolute atomic E-state index is 0.00831. The van der Waals surface area contributed by atoms with Crippen LogP contribution in [0.5, 0.6) is 11.8 Å². The number of nitrogens with zero attached hydrogens (tertiary/aromatic N) is 6. The van der Waals surface area contributed by atoms with E-state index < -0.39 is 43.5 Å². The first-order valence-corrected chi connectivity index (χ1v) is 30.3. The fraction of sp³-hybridized carbons (Fsp3) is 0.310. The van der Waals surface area contributed by atoms with Gasteiger partial charge in [-0.25, -0.2) is 45.6 Å². The summed E-state index contributed by atoms with van der Waals surface area (Å²) in [5, 5.41) is 6.08. The van der Waals surface area contributed by atoms with Crippen LogP contribution in [0.15, 0.2) is 129 Å². The SMILES string of the molecule is CCC(CC)NC(=O)[C@@H](C)Cn1cnc2ccc(-c3cnc(OC)c(NS(=O)(=O)c4ccc(F)cc4Cl)c3)cc2c1=O.CCC(CC)NC(=O)[C@H](C)Cn1cnc2ccc(-c3cnc(OC)c(NS(=O)(=O)c4ccc(F)cc4Cl)c3)cc2c1=O. The average Bonchev–Trinajstić information content (AvgIpc) is 3.66. The molecule has 4 aromatic heterocycles. The highest BCUT2D eigenvalue weighted by atomic mass is 35.5. The summed E-state index contributed by atoms with van der Waals surface area (Å²) < 4.78 is 97.3. The number of carbonyl (C=O) groups excluding carboxylic acids is 2. The van der Waals surface area contributed by atoms with E-state index in [0.29, 0.717) is 44.1 Å². The first-order valence-electron chi connectivity index (χ1n) is 26.6. The number of ether oxygens (including phenoxy) is 2. The molecule has 0 radical (unpaired) electrons. The number of hydrogen-bond acceptors (Lipinski definition) is 14. The normalized spacial score (nSPS) is 12.4. The summed E-state index contributed by atoms with van der Waals surface area (Å²) in [6, 6.07) is 19.1. The molecule has 0 saturated heterocycles. The molecule has 0 bridgehead atoms. The molecule has 0 saturated carbocycles. The lowest BCUT2D eigenvalue weighted by molar-refractivity contribution is -0.126. The third kappa shape index (κ3) is 15.0. The Morgan fingerprint density at radius 3 is 1.25 bits per heavy atom. The van der Waals surface area contributed by atoms with Crippen molar-refractivity contribution in [2.45, 2.75) is 102 Å². The van der Waals surface area contributed by atoms with E-state index in [-0.39, 0.29) is 91.1 Å². The Labute approximate surface area is 494 Å². The lowest BCUT2D eigenvalue weighted by Crippen LogP contribution is -2.39. The number of benzene rings is 4. The van der Waals surface area contributed by atoms with Gasteiger partial charge in [0.05, 0.1) is 70.6 Å². The molecular weight excluding hydrogens is 1170 g/mol. The monoisotopic (exact) mass is 1230 g/mol. The van der Waals surface area contributed by atoms with E-state index >= 15 is 0 Å². The number of amides is 2. The zero-order valence-electron chi connectivity index (χ0n) is 47.0. The van der Waals surface area contributed by atoms with Crippen molar-refractivity contribution in [3.63, 3.8) is 0 Å². The molecule has 0 spiro atoms. The number of carbonyl (C=O) groups is 2. The Kier molecular flexibility index (Phi) is 20.8. The van der Waals surface area contributed by atoms with E-state index in [1.54, 1.807) is 50.2 Å². The standard InChI is InChI=1S/2C29H31ClFN5O5S/c2*1-5-21(6-2)34-27(37)17(3)15-36-16-33-24-9-7-18(11-22(24)29(36)38)19-12-25(28(41-4)32-14-19)35-42(39,40)26-10-8-20(31)13-23(26)30/h2*7-14,16-17,21,35H,5-6,15H2,1-4H3,(H,34,37)/t2*17-/m10/s1. The first-order chi connectivity index (χ1) is 39.9. The van der Waals surface area contributed by atoms with Crippen molar-refractivity contribution in [3.05, 3.63) is 152 Å². The van der Waals surface area contributed by atoms with Crippen LogP contribution in [0.25, 0.3) is 44.1 Å². The van der Waals surface area contributed by atoms with Crippen LogP contribution < -0.4 is 40.7 Å². The molecule has 0 aliphatic rings. The highest BCUT2D eigenvalue weighted by Crippen LogP contribution is 2.35. The quantitative estimate of drug-likeness (QED) is 0.0492. The number of sulfonamides is 2. The van der Waals surface area contributed by atoms with Crippen LogP contribution in [0.1, 0.15) is 67.2 Å². The molecule has 8 rings (SSSR count). The Balaban J connectivity index is 0.000000241. The summed E-state index contributed by atoms with van der Waals surface area (Å²) in [6.07, 6.45) is 9.07. The van der Waals surface area contributed by atoms with Crippen LogP contribution in [0.2, 0.25) is 10.0 Å². The smallest absolute Gasteiger partial charge is 0.263 e. The molecule has 0 aliphatic carbocycles. The summed E-state index contributed by atoms with van der Waals surface area (Å²) >= 11 is 12.0. The van der Waals surface area contributed by atoms with Crippen LogP contribution in [0.4, 0.5) is 20.2 Å². The molecule has 2 amide bonds. The van der Waals surface area contributed by atoms with Gasteiger partial charge in [-0.05, 0) is 110 Å². The molecule has 444 valence electrons. The highest BCUT2D eigenvalue weighted by Gasteiger charge is 2.25. The van der Waals surface area contributed by atoms with Gasteiger partial charge in [-0.2, -0.15) is 0 Å². The predicted molar refractivity (Wildman–Crippen MR) is 319 cm³/mol. The number of nitrogens with one attached hydrogen (secondary N) is 4. The van der Waals surface area contributed by atoms with E-state index in [4.69, 9.17) is 32.7 Å². The number of pyridine rings is 2. The molecular formula is C58H62Cl2F2N10O10S2. The molecule has 84 heavy (non-hydrogen) atoms. The van der Waals surface area contributed by atoms with Crippen LogP contribution in [0.3, 0.4) is 0 Å². The molecule has 20 nitrogen and oxygen atoms in total. The molecule has 0 unspecified atom stereocenters. The number of rotatable bonds is 22. The molecule has 0 aliphatic heterocycles. The number of halogens is 4. The second-order valence-corrected chi connectivity index (χ2v) is 23.8. The second kappa shape index (κ2) is 27.6. The molecule has 4 heterocycles. The van der Waals surface area contributed by atoms with Crippen LogP contribution in [-0.4, -0.2) is 84.0 Å². The molecule has 26 heteroatoms. The third-order valence-corrected chi connectivity index (χ3v) is 17.5. The Hall–Kier alpha value is -8.06. The van der Waals surface area contributed by atoms with Crippen molar-refractivity contribution in [1.29, 1.82) is 0 Å². The van der Waals surface area contributed by atoms with Crippen molar-refractivity contribution in [3.8, 4) is 34.0 Å². The van der Waals surface area contributed by atoms with Crippen molar-refractivity contribution in [1.82, 2.24) is 39.7 Å². The van der Waals surface area contributed by atoms with E-state index in [0.717, 1.165) is 62.1 Å². The molecule has 4 N–H and O–H groups in total. The van der Waals surface area contributed by atoms with Crippen molar-refractivity contribution in [2.75, 3.05) is 23.7 Å². The molecule has 8 aromatic rings. The third-order valence-electron chi connectivity index (χ3n) is 13.8. The largest absolute Gasteiger partial charge is 0.480 e. The number of fused-ring (bicyclic) bond motifs is 2. The van der Waals surface area contributed by atoms with Crippen molar-refractivity contribution in [2.24, 2.45) is 11.8 Å². The van der Waals surface area contributed by atoms with Gasteiger partial charge in [-0.3, -0.25) is 37.8 Å². The topological polar surface area (TPSA) is 265 Å². The van der Waals surface area contributed by atoms with Gasteiger partial charge in [0.1, 0.15) is 32.8 Å². The Morgan fingerprint density at radius 1 is 0.548 bits per heavy atom. The summed E-state index contributed by atoms with van der Waals surface area (Å²) in [5.74, 6) is -2.55. The van der Waals surface area contributed by atoms with Gasteiger partial charge in [0, 0.05) is 48.7 Å². The number of anilines is 2. The van der Waals surface area contributed by atoms with Crippen LogP contribution in [0, 0.1) is 23.5 Å². The summed E-state index contributed by atoms with van der Waals surface area (Å²) in [6.45, 7) is 11.8. The fourth-order valence-electron chi connectivity index (χ4n) is 8.84. The minimum atomic E-state index is -4.23. The van der Waals surface area contributed by atoms with Crippen LogP contribution in [-0.2, 0) is 42.7 Å². The second-order valence-electron chi connectivity index (χ2n) is 19.6. The van der Waals surface area contributed by atoms with E-state index in [1.807, 2.05) is 27.7 Å². The number of methoxy groups -OCH3 is 2. The fourth-order valence-corrected chi connectivity index (χ4v) is 12.0. The van der Waals surface area contributed by atoms with Crippen molar-refractivity contribution < 1.29 is 44.7 Å². The molecule has 0 fully saturated rings. The average molecular weight is 1230 g/mol. The maximum atomic E-state index is 13.5. The van der Waals surface area contributed by atoms with E-state index in [2.05, 4.69) is 40.0 Å². The zero-order chi connectivity index (χ0) is 61.2. The molecule has 4 aromatic carbocycles. The van der Waals surface area contributed by atoms with Crippen LogP contribution >= 0.6 is 23.2 Å². The van der Waals surface area contributed by atoms with E-state index in [1.165, 1.54) is 60.5 Å². The summed E-state index contributed by atoms with van der Waals surface area (Å²) in [7, 11) is -5.80.